The number of nitrogens with zero attached hydrogens (tertiary/aromatic N) is 2. The van der Waals surface area contributed by atoms with Gasteiger partial charge in [-0.15, -0.1) is 0 Å². The molecule has 2 atom stereocenters. The first-order valence-electron chi connectivity index (χ1n) is 9.14. The summed E-state index contributed by atoms with van der Waals surface area (Å²) in [6, 6.07) is 5.24. The Morgan fingerprint density at radius 2 is 2.20 bits per heavy atom. The maximum atomic E-state index is 13.4. The van der Waals surface area contributed by atoms with Crippen LogP contribution in [0, 0.1) is 11.7 Å². The van der Waals surface area contributed by atoms with Crippen molar-refractivity contribution in [2.24, 2.45) is 5.92 Å². The number of ether oxygens (including phenoxy) is 1. The molecule has 3 rings (SSSR count). The summed E-state index contributed by atoms with van der Waals surface area (Å²) >= 11 is 0. The van der Waals surface area contributed by atoms with Crippen LogP contribution in [-0.2, 0) is 6.42 Å². The average molecular weight is 349 g/mol. The van der Waals surface area contributed by atoms with Gasteiger partial charge in [-0.25, -0.2) is 9.18 Å². The van der Waals surface area contributed by atoms with Gasteiger partial charge in [0.05, 0.1) is 7.11 Å². The van der Waals surface area contributed by atoms with Gasteiger partial charge >= 0.3 is 6.03 Å². The first-order valence-corrected chi connectivity index (χ1v) is 9.14. The first kappa shape index (κ1) is 18.0. The van der Waals surface area contributed by atoms with Crippen LogP contribution in [0.15, 0.2) is 18.2 Å². The molecule has 25 heavy (non-hydrogen) atoms. The molecule has 0 bridgehead atoms. The lowest BCUT2D eigenvalue weighted by Crippen LogP contribution is -2.57. The number of carbonyl (C=O) groups excluding carboxylic acids is 1. The van der Waals surface area contributed by atoms with E-state index in [0.717, 1.165) is 38.0 Å². The number of amides is 2. The molecule has 0 aromatic heterocycles. The van der Waals surface area contributed by atoms with E-state index in [1.807, 2.05) is 4.90 Å². The Morgan fingerprint density at radius 3 is 3.00 bits per heavy atom. The van der Waals surface area contributed by atoms with Crippen LogP contribution in [0.4, 0.5) is 9.18 Å². The number of fused-ring (bicyclic) bond motifs is 1. The second kappa shape index (κ2) is 8.04. The van der Waals surface area contributed by atoms with Crippen LogP contribution < -0.4 is 10.1 Å². The number of hydrogen-bond acceptors (Lipinski definition) is 3. The molecule has 1 aromatic rings. The van der Waals surface area contributed by atoms with E-state index in [1.54, 1.807) is 12.1 Å². The fourth-order valence-corrected chi connectivity index (χ4v) is 4.11. The zero-order valence-corrected chi connectivity index (χ0v) is 15.1. The van der Waals surface area contributed by atoms with Gasteiger partial charge in [0.1, 0.15) is 0 Å². The van der Waals surface area contributed by atoms with Crippen molar-refractivity contribution in [3.8, 4) is 5.75 Å². The van der Waals surface area contributed by atoms with Crippen molar-refractivity contribution in [3.63, 3.8) is 0 Å². The lowest BCUT2D eigenvalue weighted by atomic mass is 9.84. The number of nitrogens with one attached hydrogen (secondary N) is 1. The highest BCUT2D eigenvalue weighted by molar-refractivity contribution is 5.74. The molecule has 2 fully saturated rings. The summed E-state index contributed by atoms with van der Waals surface area (Å²) in [5.41, 5.74) is 0.953. The maximum Gasteiger partial charge on any atom is 0.317 e. The average Bonchev–Trinajstić information content (AvgIpc) is 2.62. The van der Waals surface area contributed by atoms with Crippen molar-refractivity contribution in [2.75, 3.05) is 40.3 Å². The number of carbonyl (C=O) groups is 1. The molecule has 1 N–H and O–H groups in total. The monoisotopic (exact) mass is 349 g/mol. The normalized spacial score (nSPS) is 23.9. The quantitative estimate of drug-likeness (QED) is 0.908. The summed E-state index contributed by atoms with van der Waals surface area (Å²) in [6.45, 7) is 3.53. The van der Waals surface area contributed by atoms with E-state index < -0.39 is 0 Å². The van der Waals surface area contributed by atoms with Crippen molar-refractivity contribution in [3.05, 3.63) is 29.6 Å². The van der Waals surface area contributed by atoms with Crippen molar-refractivity contribution in [1.29, 1.82) is 0 Å². The van der Waals surface area contributed by atoms with Crippen LogP contribution >= 0.6 is 0 Å². The van der Waals surface area contributed by atoms with E-state index in [1.165, 1.54) is 19.6 Å². The molecule has 2 aliphatic heterocycles. The summed E-state index contributed by atoms with van der Waals surface area (Å²) in [6.07, 6.45) is 4.02. The molecule has 0 spiro atoms. The lowest BCUT2D eigenvalue weighted by molar-refractivity contribution is 0.0534. The van der Waals surface area contributed by atoms with Crippen LogP contribution in [0.1, 0.15) is 24.8 Å². The minimum Gasteiger partial charge on any atom is -0.494 e. The van der Waals surface area contributed by atoms with Crippen molar-refractivity contribution in [2.45, 2.75) is 31.7 Å². The largest absolute Gasteiger partial charge is 0.494 e. The molecular formula is C19H28FN3O2. The minimum absolute atomic E-state index is 0.0355. The highest BCUT2D eigenvalue weighted by Crippen LogP contribution is 2.30. The molecule has 6 heteroatoms. The number of methoxy groups -OCH3 is 1. The molecule has 2 amide bonds. The Morgan fingerprint density at radius 1 is 1.36 bits per heavy atom. The molecule has 1 aromatic carbocycles. The molecule has 2 aliphatic rings. The predicted molar refractivity (Wildman–Crippen MR) is 95.4 cm³/mol. The third-order valence-corrected chi connectivity index (χ3v) is 5.44. The van der Waals surface area contributed by atoms with Crippen LogP contribution in [0.3, 0.4) is 0 Å². The molecule has 0 aliphatic carbocycles. The van der Waals surface area contributed by atoms with Gasteiger partial charge in [-0.05, 0) is 62.9 Å². The summed E-state index contributed by atoms with van der Waals surface area (Å²) < 4.78 is 18.4. The number of likely N-dealkylation sites (tertiary alicyclic amines) is 2. The van der Waals surface area contributed by atoms with Gasteiger partial charge < -0.3 is 19.9 Å². The Bertz CT molecular complexity index is 610. The third-order valence-electron chi connectivity index (χ3n) is 5.44. The summed E-state index contributed by atoms with van der Waals surface area (Å²) in [5.74, 6) is 0.477. The van der Waals surface area contributed by atoms with Crippen LogP contribution in [0.5, 0.6) is 5.75 Å². The van der Waals surface area contributed by atoms with Crippen molar-refractivity contribution < 1.29 is 13.9 Å². The second-order valence-corrected chi connectivity index (χ2v) is 7.16. The van der Waals surface area contributed by atoms with Crippen LogP contribution in [-0.4, -0.2) is 62.2 Å². The molecule has 0 saturated carbocycles. The summed E-state index contributed by atoms with van der Waals surface area (Å²) in [5, 5.41) is 3.04. The zero-order valence-electron chi connectivity index (χ0n) is 15.1. The molecule has 2 heterocycles. The van der Waals surface area contributed by atoms with E-state index in [9.17, 15) is 9.18 Å². The topological polar surface area (TPSA) is 44.8 Å². The maximum absolute atomic E-state index is 13.4. The molecule has 2 saturated heterocycles. The summed E-state index contributed by atoms with van der Waals surface area (Å²) in [4.78, 5) is 17.0. The van der Waals surface area contributed by atoms with Gasteiger partial charge in [0.15, 0.2) is 11.6 Å². The summed E-state index contributed by atoms with van der Waals surface area (Å²) in [7, 11) is 3.62. The number of urea groups is 1. The van der Waals surface area contributed by atoms with Crippen molar-refractivity contribution in [1.82, 2.24) is 15.1 Å². The smallest absolute Gasteiger partial charge is 0.317 e. The Hall–Kier alpha value is -1.82. The fraction of sp³-hybridized carbons (Fsp3) is 0.632. The van der Waals surface area contributed by atoms with Gasteiger partial charge in [-0.3, -0.25) is 0 Å². The number of piperidine rings is 2. The highest BCUT2D eigenvalue weighted by atomic mass is 19.1. The van der Waals surface area contributed by atoms with E-state index in [0.29, 0.717) is 24.9 Å². The first-order chi connectivity index (χ1) is 12.1. The Balaban J connectivity index is 1.52. The van der Waals surface area contributed by atoms with Gasteiger partial charge in [0, 0.05) is 25.7 Å². The number of halogens is 1. The van der Waals surface area contributed by atoms with E-state index in [-0.39, 0.29) is 17.6 Å². The highest BCUT2D eigenvalue weighted by Gasteiger charge is 2.37. The molecule has 138 valence electrons. The lowest BCUT2D eigenvalue weighted by Gasteiger charge is -2.46. The third kappa shape index (κ3) is 4.24. The van der Waals surface area contributed by atoms with Crippen molar-refractivity contribution >= 4 is 6.03 Å². The predicted octanol–water partition coefficient (Wildman–Crippen LogP) is 2.50. The zero-order chi connectivity index (χ0) is 17.8. The van der Waals surface area contributed by atoms with Crippen LogP contribution in [0.25, 0.3) is 0 Å². The van der Waals surface area contributed by atoms with E-state index >= 15 is 0 Å². The van der Waals surface area contributed by atoms with Gasteiger partial charge in [0.25, 0.3) is 0 Å². The number of rotatable bonds is 4. The molecule has 0 radical (unpaired) electrons. The number of hydrogen-bond donors (Lipinski definition) is 1. The molecular weight excluding hydrogens is 321 g/mol. The molecule has 0 unspecified atom stereocenters. The van der Waals surface area contributed by atoms with Gasteiger partial charge in [0.2, 0.25) is 0 Å². The van der Waals surface area contributed by atoms with Crippen LogP contribution in [0.2, 0.25) is 0 Å². The van der Waals surface area contributed by atoms with Gasteiger partial charge in [-0.1, -0.05) is 6.07 Å². The fourth-order valence-electron chi connectivity index (χ4n) is 4.11. The Kier molecular flexibility index (Phi) is 5.78. The van der Waals surface area contributed by atoms with E-state index in [4.69, 9.17) is 4.74 Å². The SMILES string of the molecule is COc1cc(CCNC(=O)N2CCC[C@@H]3CN(C)CC[C@@H]32)ccc1F. The number of benzene rings is 1. The van der Waals surface area contributed by atoms with Gasteiger partial charge in [-0.2, -0.15) is 0 Å². The Labute approximate surface area is 149 Å². The molecule has 5 nitrogen and oxygen atoms in total. The van der Waals surface area contributed by atoms with E-state index in [2.05, 4.69) is 17.3 Å². The second-order valence-electron chi connectivity index (χ2n) is 7.16. The minimum atomic E-state index is -0.364. The standard InChI is InChI=1S/C19H28FN3O2/c1-22-11-8-17-15(13-22)4-3-10-23(17)19(24)21-9-7-14-5-6-16(20)18(12-14)25-2/h5-6,12,15,17H,3-4,7-11,13H2,1-2H3,(H,21,24)/t15-,17+/m1/s1.